The second-order valence-corrected chi connectivity index (χ2v) is 9.95. The van der Waals surface area contributed by atoms with E-state index in [1.165, 1.54) is 88.5 Å². The van der Waals surface area contributed by atoms with E-state index in [0.717, 1.165) is 19.3 Å². The van der Waals surface area contributed by atoms with Gasteiger partial charge in [0.2, 0.25) is 5.79 Å². The third kappa shape index (κ3) is 9.39. The van der Waals surface area contributed by atoms with Gasteiger partial charge in [0.25, 0.3) is 0 Å². The molecule has 1 aliphatic rings. The van der Waals surface area contributed by atoms with Gasteiger partial charge in [-0.2, -0.15) is 0 Å². The van der Waals surface area contributed by atoms with Gasteiger partial charge in [0.05, 0.1) is 6.61 Å². The Hall–Kier alpha value is -1.55. The minimum atomic E-state index is -2.33. The number of carbonyl (C=O) groups excluding carboxylic acids is 1. The molecule has 0 saturated carbocycles. The average Bonchev–Trinajstić information content (AvgIpc) is 2.88. The first kappa shape index (κ1) is 30.7. The van der Waals surface area contributed by atoms with Crippen molar-refractivity contribution in [3.05, 3.63) is 29.8 Å². The van der Waals surface area contributed by atoms with Gasteiger partial charge in [-0.15, -0.1) is 0 Å². The van der Waals surface area contributed by atoms with Crippen LogP contribution in [0.4, 0.5) is 0 Å². The lowest BCUT2D eigenvalue weighted by molar-refractivity contribution is -0.357. The lowest BCUT2D eigenvalue weighted by atomic mass is 9.88. The normalized spacial score (nSPS) is 26.2. The summed E-state index contributed by atoms with van der Waals surface area (Å²) in [6, 6.07) is 5.71. The first-order chi connectivity index (χ1) is 17.3. The number of unbranched alkanes of at least 4 members (excludes halogenated alkanes) is 12. The third-order valence-corrected chi connectivity index (χ3v) is 6.95. The van der Waals surface area contributed by atoms with Gasteiger partial charge in [0.15, 0.2) is 0 Å². The molecule has 1 aliphatic heterocycles. The standard InChI is InChI=1S/C28H46O8/c1-2-3-4-5-6-7-8-9-10-11-12-13-14-15-24(30)35-22-18-16-21(17-19-22)28(34)27(33)26(32)25(31)23(20-29)36-28/h16-19,23,25-27,29,31-34H,2-15,20H2,1H3/t23-,25-,26+,27-,28-/m1/s1. The topological polar surface area (TPSA) is 137 Å². The molecule has 1 fully saturated rings. The molecule has 0 radical (unpaired) electrons. The van der Waals surface area contributed by atoms with Gasteiger partial charge in [-0.25, -0.2) is 0 Å². The summed E-state index contributed by atoms with van der Waals surface area (Å²) < 4.78 is 10.6. The zero-order valence-corrected chi connectivity index (χ0v) is 21.7. The Morgan fingerprint density at radius 3 is 1.83 bits per heavy atom. The maximum Gasteiger partial charge on any atom is 0.311 e. The number of aliphatic hydroxyl groups is 5. The van der Waals surface area contributed by atoms with Crippen LogP contribution in [-0.2, 0) is 15.3 Å². The summed E-state index contributed by atoms with van der Waals surface area (Å²) in [5.41, 5.74) is 0.0932. The molecular weight excluding hydrogens is 464 g/mol. The predicted molar refractivity (Wildman–Crippen MR) is 136 cm³/mol. The van der Waals surface area contributed by atoms with Crippen molar-refractivity contribution in [3.63, 3.8) is 0 Å². The average molecular weight is 511 g/mol. The second kappa shape index (κ2) is 16.3. The number of carbonyl (C=O) groups is 1. The van der Waals surface area contributed by atoms with Crippen molar-refractivity contribution in [2.45, 2.75) is 127 Å². The fourth-order valence-corrected chi connectivity index (χ4v) is 4.62. The zero-order chi connectivity index (χ0) is 26.4. The number of hydrogen-bond acceptors (Lipinski definition) is 8. The van der Waals surface area contributed by atoms with Crippen molar-refractivity contribution >= 4 is 5.97 Å². The highest BCUT2D eigenvalue weighted by atomic mass is 16.7. The summed E-state index contributed by atoms with van der Waals surface area (Å²) in [6.45, 7) is 1.59. The van der Waals surface area contributed by atoms with Crippen LogP contribution in [0.1, 0.15) is 102 Å². The van der Waals surface area contributed by atoms with Crippen molar-refractivity contribution in [3.8, 4) is 5.75 Å². The van der Waals surface area contributed by atoms with E-state index >= 15 is 0 Å². The molecule has 0 aliphatic carbocycles. The maximum absolute atomic E-state index is 12.2. The largest absolute Gasteiger partial charge is 0.427 e. The predicted octanol–water partition coefficient (Wildman–Crippen LogP) is 3.69. The summed E-state index contributed by atoms with van der Waals surface area (Å²) in [4.78, 5) is 12.2. The fourth-order valence-electron chi connectivity index (χ4n) is 4.62. The maximum atomic E-state index is 12.2. The third-order valence-electron chi connectivity index (χ3n) is 6.95. The Labute approximate surface area is 215 Å². The monoisotopic (exact) mass is 510 g/mol. The smallest absolute Gasteiger partial charge is 0.311 e. The van der Waals surface area contributed by atoms with E-state index in [9.17, 15) is 30.3 Å². The summed E-state index contributed by atoms with van der Waals surface area (Å²) in [6.07, 6.45) is 10.0. The van der Waals surface area contributed by atoms with E-state index in [-0.39, 0.29) is 17.3 Å². The first-order valence-electron chi connectivity index (χ1n) is 13.7. The molecule has 8 heteroatoms. The number of aliphatic hydroxyl groups excluding tert-OH is 4. The van der Waals surface area contributed by atoms with E-state index in [1.807, 2.05) is 0 Å². The van der Waals surface area contributed by atoms with Crippen molar-refractivity contribution in [1.29, 1.82) is 0 Å². The molecule has 5 atom stereocenters. The van der Waals surface area contributed by atoms with Crippen molar-refractivity contribution in [2.75, 3.05) is 6.61 Å². The van der Waals surface area contributed by atoms with Crippen molar-refractivity contribution in [1.82, 2.24) is 0 Å². The number of ether oxygens (including phenoxy) is 2. The number of esters is 1. The van der Waals surface area contributed by atoms with Gasteiger partial charge in [-0.1, -0.05) is 84.0 Å². The number of benzene rings is 1. The van der Waals surface area contributed by atoms with Crippen molar-refractivity contribution < 1.29 is 39.8 Å². The van der Waals surface area contributed by atoms with Crippen LogP contribution in [-0.4, -0.2) is 62.5 Å². The zero-order valence-electron chi connectivity index (χ0n) is 21.7. The highest BCUT2D eigenvalue weighted by Gasteiger charge is 2.53. The van der Waals surface area contributed by atoms with E-state index in [0.29, 0.717) is 6.42 Å². The van der Waals surface area contributed by atoms with Gasteiger partial charge in [0.1, 0.15) is 30.2 Å². The molecular formula is C28H46O8. The van der Waals surface area contributed by atoms with Gasteiger partial charge >= 0.3 is 5.97 Å². The Balaban J connectivity index is 1.63. The minimum absolute atomic E-state index is 0.0932. The van der Waals surface area contributed by atoms with Crippen LogP contribution < -0.4 is 4.74 Å². The first-order valence-corrected chi connectivity index (χ1v) is 13.7. The molecule has 0 amide bonds. The van der Waals surface area contributed by atoms with Crippen LogP contribution in [0.25, 0.3) is 0 Å². The highest BCUT2D eigenvalue weighted by Crippen LogP contribution is 2.36. The van der Waals surface area contributed by atoms with E-state index < -0.39 is 36.8 Å². The number of hydrogen-bond donors (Lipinski definition) is 5. The lowest BCUT2D eigenvalue weighted by Crippen LogP contribution is -2.63. The van der Waals surface area contributed by atoms with Crippen LogP contribution in [0.15, 0.2) is 24.3 Å². The second-order valence-electron chi connectivity index (χ2n) is 9.95. The Morgan fingerprint density at radius 1 is 0.833 bits per heavy atom. The van der Waals surface area contributed by atoms with E-state index in [2.05, 4.69) is 6.92 Å². The number of rotatable bonds is 17. The van der Waals surface area contributed by atoms with Crippen LogP contribution in [0.5, 0.6) is 5.75 Å². The molecule has 1 saturated heterocycles. The molecule has 1 heterocycles. The lowest BCUT2D eigenvalue weighted by Gasteiger charge is -2.45. The van der Waals surface area contributed by atoms with E-state index in [1.54, 1.807) is 0 Å². The van der Waals surface area contributed by atoms with Gasteiger partial charge < -0.3 is 35.0 Å². The van der Waals surface area contributed by atoms with E-state index in [4.69, 9.17) is 9.47 Å². The summed E-state index contributed by atoms with van der Waals surface area (Å²) in [7, 11) is 0. The van der Waals surface area contributed by atoms with Crippen LogP contribution >= 0.6 is 0 Å². The fraction of sp³-hybridized carbons (Fsp3) is 0.750. The summed E-state index contributed by atoms with van der Waals surface area (Å²) >= 11 is 0. The molecule has 0 aromatic heterocycles. The minimum Gasteiger partial charge on any atom is -0.427 e. The molecule has 0 unspecified atom stereocenters. The van der Waals surface area contributed by atoms with Gasteiger partial charge in [-0.05, 0) is 30.7 Å². The van der Waals surface area contributed by atoms with Crippen LogP contribution in [0.2, 0.25) is 0 Å². The molecule has 2 rings (SSSR count). The quantitative estimate of drug-likeness (QED) is 0.122. The molecule has 0 spiro atoms. The Bertz CT molecular complexity index is 738. The molecule has 8 nitrogen and oxygen atoms in total. The SMILES string of the molecule is CCCCCCCCCCCCCCCC(=O)Oc1ccc([C@@]2(O)O[C@H](CO)[C@@H](O)[C@H](O)[C@H]2O)cc1. The molecule has 206 valence electrons. The Kier molecular flexibility index (Phi) is 13.9. The van der Waals surface area contributed by atoms with Crippen LogP contribution in [0, 0.1) is 0 Å². The van der Waals surface area contributed by atoms with Gasteiger partial charge in [-0.3, -0.25) is 4.79 Å². The molecule has 0 bridgehead atoms. The van der Waals surface area contributed by atoms with Crippen molar-refractivity contribution in [2.24, 2.45) is 0 Å². The molecule has 5 N–H and O–H groups in total. The summed E-state index contributed by atoms with van der Waals surface area (Å²) in [5.74, 6) is -2.38. The highest BCUT2D eigenvalue weighted by molar-refractivity contribution is 5.72. The van der Waals surface area contributed by atoms with Gasteiger partial charge in [0, 0.05) is 12.0 Å². The molecule has 1 aromatic carbocycles. The van der Waals surface area contributed by atoms with Crippen LogP contribution in [0.3, 0.4) is 0 Å². The summed E-state index contributed by atoms with van der Waals surface area (Å²) in [5, 5.41) is 50.3. The Morgan fingerprint density at radius 2 is 1.33 bits per heavy atom. The molecule has 36 heavy (non-hydrogen) atoms. The molecule has 1 aromatic rings.